The third-order valence-electron chi connectivity index (χ3n) is 4.13. The molecule has 0 bridgehead atoms. The number of ether oxygens (including phenoxy) is 2. The minimum Gasteiger partial charge on any atom is -0.504 e. The van der Waals surface area contributed by atoms with Crippen LogP contribution in [-0.4, -0.2) is 50.4 Å². The molecule has 0 aliphatic heterocycles. The lowest BCUT2D eigenvalue weighted by Gasteiger charge is -2.21. The molecular weight excluding hydrogens is 441 g/mol. The molecule has 0 radical (unpaired) electrons. The molecule has 9 nitrogen and oxygen atoms in total. The zero-order chi connectivity index (χ0) is 22.8. The molecule has 3 N–H and O–H groups in total. The van der Waals surface area contributed by atoms with Gasteiger partial charge in [-0.15, -0.1) is 0 Å². The highest BCUT2D eigenvalue weighted by Crippen LogP contribution is 2.39. The van der Waals surface area contributed by atoms with E-state index in [0.29, 0.717) is 5.39 Å². The molecule has 3 aromatic rings. The van der Waals surface area contributed by atoms with Crippen molar-refractivity contribution in [2.24, 2.45) is 0 Å². The number of para-hydroxylation sites is 1. The van der Waals surface area contributed by atoms with E-state index in [-0.39, 0.29) is 28.5 Å². The molecule has 0 aliphatic carbocycles. The van der Waals surface area contributed by atoms with E-state index in [9.17, 15) is 26.7 Å². The monoisotopic (exact) mass is 458 g/mol. The van der Waals surface area contributed by atoms with Crippen LogP contribution in [0.15, 0.2) is 41.6 Å². The van der Waals surface area contributed by atoms with E-state index in [1.807, 2.05) is 4.72 Å². The Kier molecular flexibility index (Phi) is 6.08. The van der Waals surface area contributed by atoms with Crippen molar-refractivity contribution in [1.29, 1.82) is 0 Å². The number of fused-ring (bicyclic) bond motifs is 1. The van der Waals surface area contributed by atoms with E-state index in [2.05, 4.69) is 20.0 Å². The van der Waals surface area contributed by atoms with Crippen LogP contribution < -0.4 is 19.5 Å². The van der Waals surface area contributed by atoms with Crippen LogP contribution in [0.2, 0.25) is 0 Å². The highest BCUT2D eigenvalue weighted by molar-refractivity contribution is 7.89. The topological polar surface area (TPSA) is 123 Å². The van der Waals surface area contributed by atoms with Crippen LogP contribution in [0.3, 0.4) is 0 Å². The molecule has 2 aromatic carbocycles. The van der Waals surface area contributed by atoms with Crippen LogP contribution in [0.5, 0.6) is 17.2 Å². The van der Waals surface area contributed by atoms with E-state index >= 15 is 0 Å². The summed E-state index contributed by atoms with van der Waals surface area (Å²) in [6.45, 7) is -2.17. The number of phenols is 1. The van der Waals surface area contributed by atoms with Gasteiger partial charge >= 0.3 is 6.11 Å². The largest absolute Gasteiger partial charge is 0.504 e. The number of methoxy groups -OCH3 is 1. The number of phenolic OH excluding ortho intramolecular Hbond substituents is 1. The van der Waals surface area contributed by atoms with Gasteiger partial charge in [0, 0.05) is 11.5 Å². The van der Waals surface area contributed by atoms with Gasteiger partial charge in [-0.2, -0.15) is 8.78 Å². The zero-order valence-electron chi connectivity index (χ0n) is 16.2. The van der Waals surface area contributed by atoms with Crippen molar-refractivity contribution in [3.63, 3.8) is 0 Å². The number of anilines is 2. The first-order valence-electron chi connectivity index (χ1n) is 8.60. The molecule has 0 amide bonds. The maximum absolute atomic E-state index is 13.7. The summed E-state index contributed by atoms with van der Waals surface area (Å²) >= 11 is 0. The third-order valence-corrected chi connectivity index (χ3v) is 5.57. The van der Waals surface area contributed by atoms with E-state index in [4.69, 9.17) is 4.74 Å². The third kappa shape index (κ3) is 4.56. The number of halogens is 3. The molecule has 0 saturated heterocycles. The van der Waals surface area contributed by atoms with E-state index in [0.717, 1.165) is 19.4 Å². The lowest BCUT2D eigenvalue weighted by atomic mass is 10.2. The first-order chi connectivity index (χ1) is 14.6. The van der Waals surface area contributed by atoms with Crippen molar-refractivity contribution >= 4 is 32.4 Å². The fourth-order valence-electron chi connectivity index (χ4n) is 2.68. The number of hydrogen-bond donors (Lipinski definition) is 3. The average Bonchev–Trinajstić information content (AvgIpc) is 2.74. The molecule has 0 spiro atoms. The number of benzene rings is 2. The molecule has 0 atom stereocenters. The molecule has 0 aliphatic rings. The van der Waals surface area contributed by atoms with Gasteiger partial charge < -0.3 is 19.9 Å². The van der Waals surface area contributed by atoms with Gasteiger partial charge in [0.05, 0.1) is 18.3 Å². The fraction of sp³-hybridized carbons (Fsp3) is 0.222. The van der Waals surface area contributed by atoms with Gasteiger partial charge in [0.15, 0.2) is 23.9 Å². The van der Waals surface area contributed by atoms with Crippen LogP contribution in [0, 0.1) is 0 Å². The highest BCUT2D eigenvalue weighted by atomic mass is 32.2. The average molecular weight is 458 g/mol. The van der Waals surface area contributed by atoms with Crippen molar-refractivity contribution in [3.8, 4) is 17.2 Å². The maximum Gasteiger partial charge on any atom is 0.427 e. The predicted octanol–water partition coefficient (Wildman–Crippen LogP) is 2.94. The van der Waals surface area contributed by atoms with Gasteiger partial charge in [-0.3, -0.25) is 0 Å². The zero-order valence-corrected chi connectivity index (χ0v) is 17.0. The predicted molar refractivity (Wildman–Crippen MR) is 105 cm³/mol. The second-order valence-electron chi connectivity index (χ2n) is 6.10. The summed E-state index contributed by atoms with van der Waals surface area (Å²) in [5.74, 6) is -0.835. The molecule has 1 heterocycles. The number of nitrogens with zero attached hydrogens (tertiary/aromatic N) is 2. The van der Waals surface area contributed by atoms with Crippen molar-refractivity contribution < 1.29 is 36.2 Å². The molecule has 0 saturated carbocycles. The van der Waals surface area contributed by atoms with Crippen LogP contribution >= 0.6 is 0 Å². The Morgan fingerprint density at radius 3 is 2.61 bits per heavy atom. The minimum absolute atomic E-state index is 0.0655. The SMILES string of the molecule is CNS(=O)(=O)c1cccc(Nc2ncnc3cc(O)c(OC)cc23)c1OC(F)(F)CF. The lowest BCUT2D eigenvalue weighted by molar-refractivity contribution is -0.187. The van der Waals surface area contributed by atoms with Gasteiger partial charge in [-0.1, -0.05) is 6.07 Å². The van der Waals surface area contributed by atoms with Crippen LogP contribution in [0.1, 0.15) is 0 Å². The molecule has 13 heteroatoms. The molecule has 3 rings (SSSR count). The Bertz CT molecular complexity index is 1220. The number of sulfonamides is 1. The van der Waals surface area contributed by atoms with Crippen molar-refractivity contribution in [2.75, 3.05) is 26.1 Å². The van der Waals surface area contributed by atoms with Crippen molar-refractivity contribution in [2.45, 2.75) is 11.0 Å². The number of hydrogen-bond acceptors (Lipinski definition) is 8. The number of aromatic hydroxyl groups is 1. The number of rotatable bonds is 8. The van der Waals surface area contributed by atoms with Crippen LogP contribution in [0.25, 0.3) is 10.9 Å². The van der Waals surface area contributed by atoms with Crippen molar-refractivity contribution in [1.82, 2.24) is 14.7 Å². The summed E-state index contributed by atoms with van der Waals surface area (Å²) in [6.07, 6.45) is -3.14. The summed E-state index contributed by atoms with van der Waals surface area (Å²) in [5.41, 5.74) is 0.0582. The van der Waals surface area contributed by atoms with Crippen LogP contribution in [0.4, 0.5) is 24.7 Å². The Morgan fingerprint density at radius 2 is 1.97 bits per heavy atom. The Labute approximate surface area is 174 Å². The first-order valence-corrected chi connectivity index (χ1v) is 10.1. The molecular formula is C18H17F3N4O5S. The quantitative estimate of drug-likeness (QED) is 0.471. The summed E-state index contributed by atoms with van der Waals surface area (Å²) in [4.78, 5) is 7.41. The number of alkyl halides is 3. The van der Waals surface area contributed by atoms with Gasteiger partial charge in [0.2, 0.25) is 10.0 Å². The first kappa shape index (κ1) is 22.4. The smallest absolute Gasteiger partial charge is 0.427 e. The summed E-state index contributed by atoms with van der Waals surface area (Å²) < 4.78 is 76.3. The normalized spacial score (nSPS) is 12.0. The number of aromatic nitrogens is 2. The standard InChI is InChI=1S/C18H17F3N4O5S/c1-22-31(27,28)15-5-3-4-11(16(15)30-18(20,21)8-19)25-17-10-6-14(29-2)13(26)7-12(10)23-9-24-17/h3-7,9,22,26H,8H2,1-2H3,(H,23,24,25). The van der Waals surface area contributed by atoms with Crippen molar-refractivity contribution in [3.05, 3.63) is 36.7 Å². The molecule has 0 unspecified atom stereocenters. The molecule has 1 aromatic heterocycles. The summed E-state index contributed by atoms with van der Waals surface area (Å²) in [5, 5.41) is 13.0. The summed E-state index contributed by atoms with van der Waals surface area (Å²) in [7, 11) is -1.82. The molecule has 0 fully saturated rings. The van der Waals surface area contributed by atoms with Gasteiger partial charge in [-0.25, -0.2) is 27.5 Å². The van der Waals surface area contributed by atoms with E-state index in [1.54, 1.807) is 0 Å². The summed E-state index contributed by atoms with van der Waals surface area (Å²) in [6, 6.07) is 6.27. The Balaban J connectivity index is 2.19. The maximum atomic E-state index is 13.7. The Morgan fingerprint density at radius 1 is 1.23 bits per heavy atom. The molecule has 31 heavy (non-hydrogen) atoms. The van der Waals surface area contributed by atoms with Gasteiger partial charge in [0.1, 0.15) is 17.0 Å². The van der Waals surface area contributed by atoms with E-state index in [1.165, 1.54) is 31.4 Å². The number of nitrogens with one attached hydrogen (secondary N) is 2. The fourth-order valence-corrected chi connectivity index (χ4v) is 3.55. The molecule has 166 valence electrons. The highest BCUT2D eigenvalue weighted by Gasteiger charge is 2.35. The lowest BCUT2D eigenvalue weighted by Crippen LogP contribution is -2.29. The van der Waals surface area contributed by atoms with Gasteiger partial charge in [-0.05, 0) is 25.2 Å². The second-order valence-corrected chi connectivity index (χ2v) is 7.96. The minimum atomic E-state index is -4.28. The van der Waals surface area contributed by atoms with E-state index < -0.39 is 33.5 Å². The Hall–Kier alpha value is -3.32. The van der Waals surface area contributed by atoms with Gasteiger partial charge in [0.25, 0.3) is 0 Å². The second kappa shape index (κ2) is 8.43. The van der Waals surface area contributed by atoms with Crippen LogP contribution in [-0.2, 0) is 10.0 Å².